The van der Waals surface area contributed by atoms with Crippen molar-refractivity contribution in [3.63, 3.8) is 0 Å². The van der Waals surface area contributed by atoms with E-state index in [0.717, 1.165) is 0 Å². The van der Waals surface area contributed by atoms with Gasteiger partial charge in [0.2, 0.25) is 11.8 Å². The lowest BCUT2D eigenvalue weighted by Gasteiger charge is -2.35. The van der Waals surface area contributed by atoms with E-state index in [-0.39, 0.29) is 11.8 Å². The van der Waals surface area contributed by atoms with E-state index >= 15 is 0 Å². The van der Waals surface area contributed by atoms with Gasteiger partial charge in [-0.3, -0.25) is 9.59 Å². The molecule has 0 atom stereocenters. The van der Waals surface area contributed by atoms with E-state index in [9.17, 15) is 9.59 Å². The zero-order valence-electron chi connectivity index (χ0n) is 12.6. The maximum Gasteiger partial charge on any atom is 0.224 e. The summed E-state index contributed by atoms with van der Waals surface area (Å²) in [6, 6.07) is 5.62. The van der Waals surface area contributed by atoms with E-state index < -0.39 is 0 Å². The predicted molar refractivity (Wildman–Crippen MR) is 81.0 cm³/mol. The van der Waals surface area contributed by atoms with Gasteiger partial charge in [0.15, 0.2) is 0 Å². The van der Waals surface area contributed by atoms with Crippen LogP contribution in [0.25, 0.3) is 0 Å². The average molecular weight is 301 g/mol. The molecular weight excluding hydrogens is 282 g/mol. The first kappa shape index (κ1) is 15.8. The molecular formula is C15H19N5O2. The number of carbonyl (C=O) groups excluding carboxylic acids is 2. The third-order valence-corrected chi connectivity index (χ3v) is 3.55. The van der Waals surface area contributed by atoms with E-state index in [2.05, 4.69) is 16.4 Å². The molecule has 7 nitrogen and oxygen atoms in total. The molecule has 7 heteroatoms. The Morgan fingerprint density at radius 3 is 2.73 bits per heavy atom. The van der Waals surface area contributed by atoms with Gasteiger partial charge in [0.25, 0.3) is 0 Å². The fourth-order valence-corrected chi connectivity index (χ4v) is 2.41. The lowest BCUT2D eigenvalue weighted by atomic mass is 10.2. The monoisotopic (exact) mass is 301 g/mol. The number of hydrogen-bond donors (Lipinski definition) is 1. The van der Waals surface area contributed by atoms with Gasteiger partial charge in [0.1, 0.15) is 11.9 Å². The summed E-state index contributed by atoms with van der Waals surface area (Å²) in [4.78, 5) is 30.9. The fourth-order valence-electron chi connectivity index (χ4n) is 2.41. The summed E-state index contributed by atoms with van der Waals surface area (Å²) >= 11 is 0. The molecule has 0 spiro atoms. The Labute approximate surface area is 129 Å². The molecule has 0 aromatic carbocycles. The standard InChI is InChI=1S/C15H19N5O2/c1-12(21)17-6-4-14(22)19-7-9-20(10-8-19)15-13(11-16)3-2-5-18-15/h2-3,5H,4,6-10H2,1H3,(H,17,21). The molecule has 116 valence electrons. The molecule has 0 radical (unpaired) electrons. The van der Waals surface area contributed by atoms with Gasteiger partial charge in [-0.25, -0.2) is 4.98 Å². The van der Waals surface area contributed by atoms with Crippen LogP contribution < -0.4 is 10.2 Å². The Morgan fingerprint density at radius 2 is 2.09 bits per heavy atom. The summed E-state index contributed by atoms with van der Waals surface area (Å²) in [6.45, 7) is 4.30. The molecule has 1 aliphatic heterocycles. The summed E-state index contributed by atoms with van der Waals surface area (Å²) in [5.74, 6) is 0.585. The Bertz CT molecular complexity index is 588. The number of piperazine rings is 1. The van der Waals surface area contributed by atoms with Crippen molar-refractivity contribution in [3.8, 4) is 6.07 Å². The third kappa shape index (κ3) is 3.95. The first-order chi connectivity index (χ1) is 10.6. The molecule has 1 fully saturated rings. The minimum absolute atomic E-state index is 0.0370. The highest BCUT2D eigenvalue weighted by molar-refractivity contribution is 5.78. The lowest BCUT2D eigenvalue weighted by Crippen LogP contribution is -2.49. The number of anilines is 1. The highest BCUT2D eigenvalue weighted by Crippen LogP contribution is 2.18. The van der Waals surface area contributed by atoms with Crippen LogP contribution in [-0.4, -0.2) is 54.4 Å². The van der Waals surface area contributed by atoms with E-state index in [1.807, 2.05) is 4.90 Å². The predicted octanol–water partition coefficient (Wildman–Crippen LogP) is 0.128. The molecule has 1 aromatic rings. The van der Waals surface area contributed by atoms with Crippen molar-refractivity contribution < 1.29 is 9.59 Å². The van der Waals surface area contributed by atoms with Crippen LogP contribution in [0.15, 0.2) is 18.3 Å². The number of rotatable bonds is 4. The average Bonchev–Trinajstić information content (AvgIpc) is 2.54. The second kappa shape index (κ2) is 7.41. The van der Waals surface area contributed by atoms with Crippen molar-refractivity contribution in [3.05, 3.63) is 23.9 Å². The SMILES string of the molecule is CC(=O)NCCC(=O)N1CCN(c2ncccc2C#N)CC1. The molecule has 1 aromatic heterocycles. The van der Waals surface area contributed by atoms with E-state index in [1.54, 1.807) is 23.2 Å². The first-order valence-corrected chi connectivity index (χ1v) is 7.24. The van der Waals surface area contributed by atoms with Gasteiger partial charge < -0.3 is 15.1 Å². The quantitative estimate of drug-likeness (QED) is 0.853. The summed E-state index contributed by atoms with van der Waals surface area (Å²) < 4.78 is 0. The maximum atomic E-state index is 12.0. The molecule has 1 N–H and O–H groups in total. The Morgan fingerprint density at radius 1 is 1.36 bits per heavy atom. The van der Waals surface area contributed by atoms with Gasteiger partial charge in [-0.05, 0) is 12.1 Å². The van der Waals surface area contributed by atoms with Gasteiger partial charge in [0, 0.05) is 52.3 Å². The van der Waals surface area contributed by atoms with Crippen molar-refractivity contribution in [2.45, 2.75) is 13.3 Å². The molecule has 1 saturated heterocycles. The normalized spacial score (nSPS) is 14.4. The summed E-state index contributed by atoms with van der Waals surface area (Å²) in [7, 11) is 0. The van der Waals surface area contributed by atoms with Crippen molar-refractivity contribution in [1.82, 2.24) is 15.2 Å². The van der Waals surface area contributed by atoms with E-state index in [1.165, 1.54) is 6.92 Å². The van der Waals surface area contributed by atoms with Crippen LogP contribution in [-0.2, 0) is 9.59 Å². The topological polar surface area (TPSA) is 89.3 Å². The Kier molecular flexibility index (Phi) is 5.31. The number of nitrogens with zero attached hydrogens (tertiary/aromatic N) is 4. The fraction of sp³-hybridized carbons (Fsp3) is 0.467. The Balaban J connectivity index is 1.86. The number of amides is 2. The van der Waals surface area contributed by atoms with Crippen LogP contribution in [0.2, 0.25) is 0 Å². The lowest BCUT2D eigenvalue weighted by molar-refractivity contribution is -0.131. The zero-order valence-corrected chi connectivity index (χ0v) is 12.6. The zero-order chi connectivity index (χ0) is 15.9. The molecule has 1 aliphatic rings. The van der Waals surface area contributed by atoms with Crippen molar-refractivity contribution in [2.24, 2.45) is 0 Å². The highest BCUT2D eigenvalue weighted by Gasteiger charge is 2.22. The summed E-state index contributed by atoms with van der Waals surface area (Å²) in [6.07, 6.45) is 1.98. The van der Waals surface area contributed by atoms with Gasteiger partial charge >= 0.3 is 0 Å². The summed E-state index contributed by atoms with van der Waals surface area (Å²) in [5, 5.41) is 11.7. The first-order valence-electron chi connectivity index (χ1n) is 7.24. The van der Waals surface area contributed by atoms with Gasteiger partial charge in [-0.2, -0.15) is 5.26 Å². The van der Waals surface area contributed by atoms with E-state index in [0.29, 0.717) is 50.5 Å². The second-order valence-corrected chi connectivity index (χ2v) is 5.09. The molecule has 2 rings (SSSR count). The van der Waals surface area contributed by atoms with Crippen LogP contribution in [0.5, 0.6) is 0 Å². The third-order valence-electron chi connectivity index (χ3n) is 3.55. The molecule has 22 heavy (non-hydrogen) atoms. The van der Waals surface area contributed by atoms with Crippen LogP contribution >= 0.6 is 0 Å². The largest absolute Gasteiger partial charge is 0.356 e. The number of nitriles is 1. The van der Waals surface area contributed by atoms with Crippen molar-refractivity contribution in [1.29, 1.82) is 5.26 Å². The molecule has 0 bridgehead atoms. The van der Waals surface area contributed by atoms with Crippen LogP contribution in [0.3, 0.4) is 0 Å². The number of nitrogens with one attached hydrogen (secondary N) is 1. The minimum Gasteiger partial charge on any atom is -0.356 e. The van der Waals surface area contributed by atoms with Crippen LogP contribution in [0.4, 0.5) is 5.82 Å². The van der Waals surface area contributed by atoms with Gasteiger partial charge in [-0.15, -0.1) is 0 Å². The molecule has 2 amide bonds. The van der Waals surface area contributed by atoms with Gasteiger partial charge in [-0.1, -0.05) is 0 Å². The molecule has 0 aliphatic carbocycles. The smallest absolute Gasteiger partial charge is 0.224 e. The number of hydrogen-bond acceptors (Lipinski definition) is 5. The van der Waals surface area contributed by atoms with Crippen molar-refractivity contribution in [2.75, 3.05) is 37.6 Å². The van der Waals surface area contributed by atoms with Crippen LogP contribution in [0.1, 0.15) is 18.9 Å². The van der Waals surface area contributed by atoms with Crippen molar-refractivity contribution >= 4 is 17.6 Å². The van der Waals surface area contributed by atoms with Crippen LogP contribution in [0, 0.1) is 11.3 Å². The van der Waals surface area contributed by atoms with E-state index in [4.69, 9.17) is 5.26 Å². The molecule has 0 saturated carbocycles. The minimum atomic E-state index is -0.128. The maximum absolute atomic E-state index is 12.0. The highest BCUT2D eigenvalue weighted by atomic mass is 16.2. The molecule has 2 heterocycles. The number of pyridine rings is 1. The molecule has 0 unspecified atom stereocenters. The number of carbonyl (C=O) groups is 2. The number of aromatic nitrogens is 1. The van der Waals surface area contributed by atoms with Gasteiger partial charge in [0.05, 0.1) is 5.56 Å². The Hall–Kier alpha value is -2.62. The second-order valence-electron chi connectivity index (χ2n) is 5.09. The summed E-state index contributed by atoms with van der Waals surface area (Å²) in [5.41, 5.74) is 0.549.